The van der Waals surface area contributed by atoms with Crippen molar-refractivity contribution in [3.05, 3.63) is 41.3 Å². The van der Waals surface area contributed by atoms with Gasteiger partial charge >= 0.3 is 0 Å². The molecule has 0 unspecified atom stereocenters. The van der Waals surface area contributed by atoms with Crippen LogP contribution in [0.4, 0.5) is 16.8 Å². The van der Waals surface area contributed by atoms with Gasteiger partial charge in [-0.2, -0.15) is 9.97 Å². The van der Waals surface area contributed by atoms with E-state index in [9.17, 15) is 9.59 Å². The number of oxazole rings is 1. The predicted octanol–water partition coefficient (Wildman–Crippen LogP) is 2.05. The van der Waals surface area contributed by atoms with Crippen molar-refractivity contribution < 1.29 is 14.0 Å². The summed E-state index contributed by atoms with van der Waals surface area (Å²) < 4.78 is 5.90. The van der Waals surface area contributed by atoms with E-state index >= 15 is 0 Å². The molecule has 152 valence electrons. The van der Waals surface area contributed by atoms with E-state index in [4.69, 9.17) is 4.42 Å². The van der Waals surface area contributed by atoms with Gasteiger partial charge in [-0.05, 0) is 30.3 Å². The highest BCUT2D eigenvalue weighted by atomic mass is 32.2. The zero-order valence-electron chi connectivity index (χ0n) is 15.8. The van der Waals surface area contributed by atoms with Gasteiger partial charge in [0, 0.05) is 32.3 Å². The van der Waals surface area contributed by atoms with E-state index in [-0.39, 0.29) is 4.91 Å². The summed E-state index contributed by atoms with van der Waals surface area (Å²) in [7, 11) is 0. The number of nitrogens with one attached hydrogen (secondary N) is 1. The Kier molecular flexibility index (Phi) is 4.79. The quantitative estimate of drug-likeness (QED) is 0.627. The first-order valence-corrected chi connectivity index (χ1v) is 10.3. The van der Waals surface area contributed by atoms with Gasteiger partial charge in [0.15, 0.2) is 11.4 Å². The van der Waals surface area contributed by atoms with Crippen LogP contribution in [0.2, 0.25) is 0 Å². The number of nitrogens with zero attached hydrogens (tertiary/aromatic N) is 6. The summed E-state index contributed by atoms with van der Waals surface area (Å²) in [6.45, 7) is 2.98. The van der Waals surface area contributed by atoms with E-state index in [0.717, 1.165) is 42.4 Å². The van der Waals surface area contributed by atoms with Gasteiger partial charge in [0.1, 0.15) is 11.8 Å². The predicted molar refractivity (Wildman–Crippen MR) is 112 cm³/mol. The Morgan fingerprint density at radius 1 is 1.03 bits per heavy atom. The Morgan fingerprint density at radius 2 is 1.87 bits per heavy atom. The lowest BCUT2D eigenvalue weighted by Crippen LogP contribution is -2.32. The number of hydrogen-bond donors (Lipinski definition) is 1. The Balaban J connectivity index is 1.32. The lowest BCUT2D eigenvalue weighted by Gasteiger charge is -2.20. The first kappa shape index (κ1) is 18.6. The first-order chi connectivity index (χ1) is 14.7. The molecular weight excluding hydrogens is 406 g/mol. The fraction of sp³-hybridized carbons (Fsp3) is 0.263. The third-order valence-electron chi connectivity index (χ3n) is 4.81. The van der Waals surface area contributed by atoms with Crippen LogP contribution in [0.1, 0.15) is 12.2 Å². The Hall–Kier alpha value is -3.47. The molecule has 0 bridgehead atoms. The van der Waals surface area contributed by atoms with Crippen LogP contribution in [-0.2, 0) is 4.79 Å². The number of amides is 2. The Bertz CT molecular complexity index is 1130. The molecule has 0 saturated carbocycles. The number of fused-ring (bicyclic) bond motifs is 1. The zero-order chi connectivity index (χ0) is 20.5. The van der Waals surface area contributed by atoms with E-state index in [0.29, 0.717) is 30.9 Å². The molecular formula is C19H17N7O3S. The third kappa shape index (κ3) is 3.71. The molecule has 1 N–H and O–H groups in total. The minimum Gasteiger partial charge on any atom is -0.423 e. The van der Waals surface area contributed by atoms with Crippen molar-refractivity contribution in [1.82, 2.24) is 25.3 Å². The van der Waals surface area contributed by atoms with Gasteiger partial charge in [-0.25, -0.2) is 9.97 Å². The second-order valence-corrected chi connectivity index (χ2v) is 7.80. The summed E-state index contributed by atoms with van der Waals surface area (Å²) in [5.41, 5.74) is 1.62. The maximum atomic E-state index is 11.7. The molecule has 0 spiro atoms. The van der Waals surface area contributed by atoms with Crippen LogP contribution in [0.15, 0.2) is 39.9 Å². The molecule has 2 fully saturated rings. The fourth-order valence-corrected chi connectivity index (χ4v) is 4.02. The molecule has 2 aliphatic heterocycles. The highest BCUT2D eigenvalue weighted by Gasteiger charge is 2.26. The maximum Gasteiger partial charge on any atom is 0.298 e. The monoisotopic (exact) mass is 423 g/mol. The first-order valence-electron chi connectivity index (χ1n) is 9.45. The van der Waals surface area contributed by atoms with E-state index < -0.39 is 11.1 Å². The van der Waals surface area contributed by atoms with E-state index in [1.807, 2.05) is 24.3 Å². The van der Waals surface area contributed by atoms with Crippen LogP contribution >= 0.6 is 11.8 Å². The minimum absolute atomic E-state index is 0.273. The number of para-hydroxylation sites is 2. The van der Waals surface area contributed by atoms with Crippen molar-refractivity contribution in [3.63, 3.8) is 0 Å². The largest absolute Gasteiger partial charge is 0.423 e. The summed E-state index contributed by atoms with van der Waals surface area (Å²) in [6.07, 6.45) is 3.80. The third-order valence-corrected chi connectivity index (χ3v) is 5.62. The summed E-state index contributed by atoms with van der Waals surface area (Å²) in [5, 5.41) is 1.82. The Morgan fingerprint density at radius 3 is 2.70 bits per heavy atom. The average molecular weight is 423 g/mol. The van der Waals surface area contributed by atoms with Crippen molar-refractivity contribution in [3.8, 4) is 0 Å². The van der Waals surface area contributed by atoms with Gasteiger partial charge in [0.05, 0.1) is 4.91 Å². The zero-order valence-corrected chi connectivity index (χ0v) is 16.6. The SMILES string of the molecule is O=C1NC(=O)C(=Cc2ncnc(N3CCCN(c4nc5ccccc5o4)CC3)n2)S1. The van der Waals surface area contributed by atoms with Crippen molar-refractivity contribution in [2.24, 2.45) is 0 Å². The topological polar surface area (TPSA) is 117 Å². The van der Waals surface area contributed by atoms with Gasteiger partial charge in [0.2, 0.25) is 5.95 Å². The molecule has 2 amide bonds. The number of rotatable bonds is 3. The van der Waals surface area contributed by atoms with Crippen molar-refractivity contribution >= 4 is 52.0 Å². The van der Waals surface area contributed by atoms with Crippen LogP contribution in [0.3, 0.4) is 0 Å². The summed E-state index contributed by atoms with van der Waals surface area (Å²) in [6, 6.07) is 8.33. The molecule has 5 rings (SSSR count). The van der Waals surface area contributed by atoms with Gasteiger partial charge in [-0.15, -0.1) is 0 Å². The molecule has 0 radical (unpaired) electrons. The summed E-state index contributed by atoms with van der Waals surface area (Å²) in [4.78, 5) is 45.0. The molecule has 2 aromatic heterocycles. The molecule has 2 aliphatic rings. The van der Waals surface area contributed by atoms with Crippen LogP contribution in [0.25, 0.3) is 17.2 Å². The fourth-order valence-electron chi connectivity index (χ4n) is 3.36. The van der Waals surface area contributed by atoms with Crippen LogP contribution in [0, 0.1) is 0 Å². The maximum absolute atomic E-state index is 11.7. The molecule has 11 heteroatoms. The molecule has 4 heterocycles. The number of carbonyl (C=O) groups is 2. The standard InChI is InChI=1S/C19H17N7O3S/c27-16-14(30-19(28)24-16)10-15-20-11-21-17(23-15)25-6-3-7-26(9-8-25)18-22-12-4-1-2-5-13(12)29-18/h1-2,4-5,10-11H,3,6-9H2,(H,24,27,28). The normalized spacial score (nSPS) is 18.9. The second-order valence-electron chi connectivity index (χ2n) is 6.79. The molecule has 1 aromatic carbocycles. The van der Waals surface area contributed by atoms with Crippen molar-refractivity contribution in [1.29, 1.82) is 0 Å². The molecule has 0 aliphatic carbocycles. The number of imide groups is 1. The van der Waals surface area contributed by atoms with Gasteiger partial charge in [-0.1, -0.05) is 12.1 Å². The summed E-state index contributed by atoms with van der Waals surface area (Å²) >= 11 is 0.836. The van der Waals surface area contributed by atoms with E-state index in [1.165, 1.54) is 12.4 Å². The molecule has 0 atom stereocenters. The van der Waals surface area contributed by atoms with Gasteiger partial charge in [-0.3, -0.25) is 14.9 Å². The number of anilines is 2. The van der Waals surface area contributed by atoms with Crippen LogP contribution in [0.5, 0.6) is 0 Å². The highest BCUT2D eigenvalue weighted by molar-refractivity contribution is 8.18. The molecule has 10 nitrogen and oxygen atoms in total. The molecule has 2 saturated heterocycles. The average Bonchev–Trinajstić information content (AvgIpc) is 3.21. The van der Waals surface area contributed by atoms with Crippen molar-refractivity contribution in [2.75, 3.05) is 36.0 Å². The second kappa shape index (κ2) is 7.75. The van der Waals surface area contributed by atoms with Crippen LogP contribution in [-0.4, -0.2) is 57.3 Å². The molecule has 30 heavy (non-hydrogen) atoms. The van der Waals surface area contributed by atoms with Gasteiger partial charge < -0.3 is 14.2 Å². The number of benzene rings is 1. The Labute approximate surface area is 175 Å². The lowest BCUT2D eigenvalue weighted by atomic mass is 10.3. The number of thioether (sulfide) groups is 1. The van der Waals surface area contributed by atoms with Gasteiger partial charge in [0.25, 0.3) is 17.2 Å². The highest BCUT2D eigenvalue weighted by Crippen LogP contribution is 2.25. The van der Waals surface area contributed by atoms with E-state index in [2.05, 4.69) is 35.1 Å². The van der Waals surface area contributed by atoms with Crippen molar-refractivity contribution in [2.45, 2.75) is 6.42 Å². The smallest absolute Gasteiger partial charge is 0.298 e. The molecule has 3 aromatic rings. The van der Waals surface area contributed by atoms with Crippen LogP contribution < -0.4 is 15.1 Å². The minimum atomic E-state index is -0.435. The number of aromatic nitrogens is 4. The number of carbonyl (C=O) groups excluding carboxylic acids is 2. The lowest BCUT2D eigenvalue weighted by molar-refractivity contribution is -0.115. The number of hydrogen-bond acceptors (Lipinski definition) is 10. The van der Waals surface area contributed by atoms with E-state index in [1.54, 1.807) is 0 Å². The summed E-state index contributed by atoms with van der Waals surface area (Å²) in [5.74, 6) is 0.439.